The Labute approximate surface area is 80.9 Å². The Kier molecular flexibility index (Phi) is 2.71. The molecule has 0 N–H and O–H groups in total. The molecule has 0 aromatic carbocycles. The van der Waals surface area contributed by atoms with Crippen molar-refractivity contribution in [2.45, 2.75) is 57.8 Å². The van der Waals surface area contributed by atoms with Gasteiger partial charge in [-0.15, -0.1) is 0 Å². The van der Waals surface area contributed by atoms with Crippen LogP contribution in [0.3, 0.4) is 0 Å². The lowest BCUT2D eigenvalue weighted by atomic mass is 9.60. The smallest absolute Gasteiger partial charge is 0.126 e. The normalized spacial score (nSPS) is 28.9. The van der Waals surface area contributed by atoms with E-state index in [1.165, 1.54) is 64.1 Å². The molecule has 1 nitrogen and oxygen atoms in total. The minimum atomic E-state index is 0.143. The first kappa shape index (κ1) is 9.23. The predicted octanol–water partition coefficient (Wildman–Crippen LogP) is 3.33. The van der Waals surface area contributed by atoms with Gasteiger partial charge in [-0.05, 0) is 31.6 Å². The molecule has 0 bridgehead atoms. The molecule has 2 saturated carbocycles. The van der Waals surface area contributed by atoms with Crippen molar-refractivity contribution in [3.05, 3.63) is 0 Å². The molecule has 2 rings (SSSR count). The molecule has 1 heteroatoms. The molecule has 0 aromatic heterocycles. The third-order valence-corrected chi connectivity index (χ3v) is 4.19. The summed E-state index contributed by atoms with van der Waals surface area (Å²) in [4.78, 5) is 11.1. The van der Waals surface area contributed by atoms with Crippen LogP contribution in [0.15, 0.2) is 0 Å². The lowest BCUT2D eigenvalue weighted by molar-refractivity contribution is -0.125. The Morgan fingerprint density at radius 1 is 0.923 bits per heavy atom. The van der Waals surface area contributed by atoms with E-state index < -0.39 is 0 Å². The number of carbonyl (C=O) groups excluding carboxylic acids is 1. The molecule has 0 atom stereocenters. The van der Waals surface area contributed by atoms with Gasteiger partial charge in [0.1, 0.15) is 6.29 Å². The van der Waals surface area contributed by atoms with Crippen LogP contribution in [0.4, 0.5) is 0 Å². The molecule has 2 aliphatic rings. The highest BCUT2D eigenvalue weighted by molar-refractivity contribution is 5.61. The van der Waals surface area contributed by atoms with Gasteiger partial charge in [-0.3, -0.25) is 0 Å². The number of carbonyl (C=O) groups is 1. The van der Waals surface area contributed by atoms with Crippen molar-refractivity contribution in [2.75, 3.05) is 0 Å². The van der Waals surface area contributed by atoms with Gasteiger partial charge in [-0.1, -0.05) is 32.1 Å². The van der Waals surface area contributed by atoms with E-state index in [-0.39, 0.29) is 5.41 Å². The molecule has 13 heavy (non-hydrogen) atoms. The van der Waals surface area contributed by atoms with Crippen LogP contribution >= 0.6 is 0 Å². The molecular weight excluding hydrogens is 160 g/mol. The fourth-order valence-corrected chi connectivity index (χ4v) is 3.06. The number of aldehydes is 1. The maximum absolute atomic E-state index is 11.1. The first-order valence-corrected chi connectivity index (χ1v) is 5.84. The Balaban J connectivity index is 1.99. The van der Waals surface area contributed by atoms with Gasteiger partial charge in [0.05, 0.1) is 0 Å². The fourth-order valence-electron chi connectivity index (χ4n) is 3.06. The van der Waals surface area contributed by atoms with Gasteiger partial charge in [0.15, 0.2) is 0 Å². The van der Waals surface area contributed by atoms with Crippen molar-refractivity contribution in [1.29, 1.82) is 0 Å². The van der Waals surface area contributed by atoms with E-state index >= 15 is 0 Å². The van der Waals surface area contributed by atoms with Crippen LogP contribution in [-0.2, 0) is 4.79 Å². The molecule has 0 radical (unpaired) electrons. The highest BCUT2D eigenvalue weighted by Gasteiger charge is 2.43. The van der Waals surface area contributed by atoms with E-state index in [1.54, 1.807) is 0 Å². The van der Waals surface area contributed by atoms with Gasteiger partial charge in [-0.25, -0.2) is 0 Å². The Hall–Kier alpha value is -0.330. The van der Waals surface area contributed by atoms with Crippen molar-refractivity contribution in [1.82, 2.24) is 0 Å². The van der Waals surface area contributed by atoms with E-state index in [0.717, 1.165) is 5.92 Å². The molecule has 0 saturated heterocycles. The molecule has 0 unspecified atom stereocenters. The maximum atomic E-state index is 11.1. The summed E-state index contributed by atoms with van der Waals surface area (Å²) in [5.41, 5.74) is 0.143. The maximum Gasteiger partial charge on any atom is 0.126 e. The number of hydrogen-bond donors (Lipinski definition) is 0. The molecule has 74 valence electrons. The molecule has 0 amide bonds. The monoisotopic (exact) mass is 180 g/mol. The Morgan fingerprint density at radius 2 is 1.54 bits per heavy atom. The summed E-state index contributed by atoms with van der Waals surface area (Å²) >= 11 is 0. The van der Waals surface area contributed by atoms with E-state index in [0.29, 0.717) is 0 Å². The van der Waals surface area contributed by atoms with Crippen LogP contribution in [0.1, 0.15) is 57.8 Å². The lowest BCUT2D eigenvalue weighted by Gasteiger charge is -2.43. The van der Waals surface area contributed by atoms with Gasteiger partial charge in [0.2, 0.25) is 0 Å². The summed E-state index contributed by atoms with van der Waals surface area (Å²) in [5, 5.41) is 0. The summed E-state index contributed by atoms with van der Waals surface area (Å²) in [6, 6.07) is 0. The van der Waals surface area contributed by atoms with Gasteiger partial charge < -0.3 is 4.79 Å². The minimum absolute atomic E-state index is 0.143. The average Bonchev–Trinajstić information content (AvgIpc) is 2.32. The zero-order chi connectivity index (χ0) is 9.15. The molecule has 2 fully saturated rings. The van der Waals surface area contributed by atoms with Crippen molar-refractivity contribution in [3.8, 4) is 0 Å². The molecule has 0 aliphatic heterocycles. The van der Waals surface area contributed by atoms with Gasteiger partial charge in [-0.2, -0.15) is 0 Å². The third kappa shape index (κ3) is 1.66. The van der Waals surface area contributed by atoms with E-state index in [4.69, 9.17) is 0 Å². The SMILES string of the molecule is O=CC1(C2CCCCCC2)CCC1. The van der Waals surface area contributed by atoms with E-state index in [9.17, 15) is 4.79 Å². The standard InChI is InChI=1S/C12H20O/c13-10-12(8-5-9-12)11-6-3-1-2-4-7-11/h10-11H,1-9H2. The van der Waals surface area contributed by atoms with Crippen LogP contribution in [-0.4, -0.2) is 6.29 Å². The van der Waals surface area contributed by atoms with Crippen LogP contribution in [0.2, 0.25) is 0 Å². The molecule has 0 aromatic rings. The lowest BCUT2D eigenvalue weighted by Crippen LogP contribution is -2.38. The summed E-state index contributed by atoms with van der Waals surface area (Å²) in [6.07, 6.45) is 13.1. The zero-order valence-corrected chi connectivity index (χ0v) is 8.43. The zero-order valence-electron chi connectivity index (χ0n) is 8.43. The Morgan fingerprint density at radius 3 is 1.92 bits per heavy atom. The molecule has 2 aliphatic carbocycles. The van der Waals surface area contributed by atoms with E-state index in [2.05, 4.69) is 0 Å². The van der Waals surface area contributed by atoms with Crippen LogP contribution in [0.5, 0.6) is 0 Å². The first-order valence-electron chi connectivity index (χ1n) is 5.84. The van der Waals surface area contributed by atoms with Gasteiger partial charge in [0.25, 0.3) is 0 Å². The summed E-state index contributed by atoms with van der Waals surface area (Å²) < 4.78 is 0. The second kappa shape index (κ2) is 3.81. The summed E-state index contributed by atoms with van der Waals surface area (Å²) in [7, 11) is 0. The van der Waals surface area contributed by atoms with Crippen LogP contribution in [0, 0.1) is 11.3 Å². The number of hydrogen-bond acceptors (Lipinski definition) is 1. The second-order valence-electron chi connectivity index (χ2n) is 4.89. The van der Waals surface area contributed by atoms with E-state index in [1.807, 2.05) is 0 Å². The average molecular weight is 180 g/mol. The number of rotatable bonds is 2. The van der Waals surface area contributed by atoms with Crippen LogP contribution in [0.25, 0.3) is 0 Å². The van der Waals surface area contributed by atoms with Gasteiger partial charge >= 0.3 is 0 Å². The van der Waals surface area contributed by atoms with Crippen molar-refractivity contribution >= 4 is 6.29 Å². The van der Waals surface area contributed by atoms with Crippen molar-refractivity contribution < 1.29 is 4.79 Å². The second-order valence-corrected chi connectivity index (χ2v) is 4.89. The summed E-state index contributed by atoms with van der Waals surface area (Å²) in [5.74, 6) is 0.737. The highest BCUT2D eigenvalue weighted by Crippen LogP contribution is 2.49. The first-order chi connectivity index (χ1) is 6.37. The molecule has 0 heterocycles. The minimum Gasteiger partial charge on any atom is -0.303 e. The molecular formula is C12H20O. The largest absolute Gasteiger partial charge is 0.303 e. The summed E-state index contributed by atoms with van der Waals surface area (Å²) in [6.45, 7) is 0. The van der Waals surface area contributed by atoms with Gasteiger partial charge in [0, 0.05) is 5.41 Å². The predicted molar refractivity (Wildman–Crippen MR) is 53.5 cm³/mol. The Bertz CT molecular complexity index is 174. The van der Waals surface area contributed by atoms with Crippen molar-refractivity contribution in [3.63, 3.8) is 0 Å². The highest BCUT2D eigenvalue weighted by atomic mass is 16.1. The molecule has 0 spiro atoms. The topological polar surface area (TPSA) is 17.1 Å². The fraction of sp³-hybridized carbons (Fsp3) is 0.917. The third-order valence-electron chi connectivity index (χ3n) is 4.19. The van der Waals surface area contributed by atoms with Crippen molar-refractivity contribution in [2.24, 2.45) is 11.3 Å². The van der Waals surface area contributed by atoms with Crippen LogP contribution < -0.4 is 0 Å². The quantitative estimate of drug-likeness (QED) is 0.470.